The zero-order valence-electron chi connectivity index (χ0n) is 9.61. The zero-order chi connectivity index (χ0) is 10.7. The number of aliphatic hydroxyl groups is 1. The molecule has 0 saturated heterocycles. The van der Waals surface area contributed by atoms with Crippen molar-refractivity contribution in [2.75, 3.05) is 13.7 Å². The molecule has 3 nitrogen and oxygen atoms in total. The summed E-state index contributed by atoms with van der Waals surface area (Å²) in [5.74, 6) is 0.486. The Labute approximate surface area is 92.2 Å². The van der Waals surface area contributed by atoms with Crippen molar-refractivity contribution >= 4 is 0 Å². The van der Waals surface area contributed by atoms with Gasteiger partial charge in [-0.3, -0.25) is 0 Å². The molecular formula is C12H23NO2. The number of hydrogen-bond acceptors (Lipinski definition) is 3. The van der Waals surface area contributed by atoms with Gasteiger partial charge >= 0.3 is 0 Å². The Bertz CT molecular complexity index is 192. The maximum atomic E-state index is 9.30. The minimum absolute atomic E-state index is 0.345. The zero-order valence-corrected chi connectivity index (χ0v) is 9.61. The summed E-state index contributed by atoms with van der Waals surface area (Å²) in [6.45, 7) is 0.345. The van der Waals surface area contributed by atoms with E-state index in [9.17, 15) is 5.11 Å². The summed E-state index contributed by atoms with van der Waals surface area (Å²) in [5.41, 5.74) is 0. The first-order valence-corrected chi connectivity index (χ1v) is 6.23. The Morgan fingerprint density at radius 2 is 2.00 bits per heavy atom. The van der Waals surface area contributed by atoms with E-state index < -0.39 is 0 Å². The fraction of sp³-hybridized carbons (Fsp3) is 1.00. The van der Waals surface area contributed by atoms with E-state index in [1.54, 1.807) is 7.11 Å². The van der Waals surface area contributed by atoms with Crippen LogP contribution in [0.15, 0.2) is 0 Å². The maximum Gasteiger partial charge on any atom is 0.0601 e. The molecule has 0 aromatic rings. The van der Waals surface area contributed by atoms with Gasteiger partial charge in [0.15, 0.2) is 0 Å². The Morgan fingerprint density at radius 1 is 1.27 bits per heavy atom. The second-order valence-electron chi connectivity index (χ2n) is 5.03. The van der Waals surface area contributed by atoms with Crippen molar-refractivity contribution < 1.29 is 9.84 Å². The number of hydrogen-bond donors (Lipinski definition) is 2. The fourth-order valence-corrected chi connectivity index (χ4v) is 2.84. The summed E-state index contributed by atoms with van der Waals surface area (Å²) in [6.07, 6.45) is 7.78. The number of rotatable bonds is 4. The van der Waals surface area contributed by atoms with Crippen LogP contribution in [0.1, 0.15) is 38.5 Å². The van der Waals surface area contributed by atoms with Crippen LogP contribution in [-0.4, -0.2) is 37.0 Å². The second kappa shape index (κ2) is 5.28. The lowest BCUT2D eigenvalue weighted by molar-refractivity contribution is 0.00765. The molecule has 0 bridgehead atoms. The summed E-state index contributed by atoms with van der Waals surface area (Å²) in [7, 11) is 1.79. The van der Waals surface area contributed by atoms with Crippen LogP contribution in [0.3, 0.4) is 0 Å². The van der Waals surface area contributed by atoms with Crippen LogP contribution >= 0.6 is 0 Å². The molecule has 0 heterocycles. The SMILES string of the molecule is COC1CC(NC2CCCCC2CO)C1. The van der Waals surface area contributed by atoms with Crippen molar-refractivity contribution in [3.8, 4) is 0 Å². The largest absolute Gasteiger partial charge is 0.396 e. The van der Waals surface area contributed by atoms with Crippen LogP contribution in [0.25, 0.3) is 0 Å². The smallest absolute Gasteiger partial charge is 0.0601 e. The monoisotopic (exact) mass is 213 g/mol. The van der Waals surface area contributed by atoms with E-state index in [4.69, 9.17) is 4.74 Å². The average molecular weight is 213 g/mol. The predicted octanol–water partition coefficient (Wildman–Crippen LogP) is 1.30. The molecule has 2 aliphatic carbocycles. The Balaban J connectivity index is 1.73. The Morgan fingerprint density at radius 3 is 2.67 bits per heavy atom. The molecule has 3 heteroatoms. The number of aliphatic hydroxyl groups excluding tert-OH is 1. The molecule has 0 amide bonds. The third kappa shape index (κ3) is 2.71. The molecule has 2 atom stereocenters. The molecule has 15 heavy (non-hydrogen) atoms. The molecule has 2 N–H and O–H groups in total. The van der Waals surface area contributed by atoms with Gasteiger partial charge in [0.25, 0.3) is 0 Å². The number of nitrogens with one attached hydrogen (secondary N) is 1. The van der Waals surface area contributed by atoms with Crippen molar-refractivity contribution in [2.45, 2.75) is 56.7 Å². The molecule has 0 aliphatic heterocycles. The van der Waals surface area contributed by atoms with Crippen molar-refractivity contribution in [1.29, 1.82) is 0 Å². The molecule has 0 spiro atoms. The number of methoxy groups -OCH3 is 1. The predicted molar refractivity (Wildman–Crippen MR) is 59.8 cm³/mol. The maximum absolute atomic E-state index is 9.30. The molecular weight excluding hydrogens is 190 g/mol. The van der Waals surface area contributed by atoms with E-state index >= 15 is 0 Å². The van der Waals surface area contributed by atoms with Gasteiger partial charge < -0.3 is 15.2 Å². The first-order valence-electron chi connectivity index (χ1n) is 6.23. The van der Waals surface area contributed by atoms with E-state index in [1.807, 2.05) is 0 Å². The summed E-state index contributed by atoms with van der Waals surface area (Å²) in [5, 5.41) is 13.0. The van der Waals surface area contributed by atoms with Crippen molar-refractivity contribution in [3.05, 3.63) is 0 Å². The van der Waals surface area contributed by atoms with Crippen LogP contribution in [-0.2, 0) is 4.74 Å². The highest BCUT2D eigenvalue weighted by Gasteiger charge is 2.33. The normalized spacial score (nSPS) is 41.2. The lowest BCUT2D eigenvalue weighted by atomic mass is 9.82. The topological polar surface area (TPSA) is 41.5 Å². The average Bonchev–Trinajstić information content (AvgIpc) is 2.23. The molecule has 2 unspecified atom stereocenters. The van der Waals surface area contributed by atoms with Crippen molar-refractivity contribution in [1.82, 2.24) is 5.32 Å². The summed E-state index contributed by atoms with van der Waals surface area (Å²) in [6, 6.07) is 1.18. The van der Waals surface area contributed by atoms with Crippen LogP contribution < -0.4 is 5.32 Å². The first-order chi connectivity index (χ1) is 7.33. The third-order valence-corrected chi connectivity index (χ3v) is 4.02. The van der Waals surface area contributed by atoms with Gasteiger partial charge in [-0.25, -0.2) is 0 Å². The molecule has 0 aromatic carbocycles. The lowest BCUT2D eigenvalue weighted by Gasteiger charge is -2.40. The fourth-order valence-electron chi connectivity index (χ4n) is 2.84. The van der Waals surface area contributed by atoms with Gasteiger partial charge in [-0.05, 0) is 31.6 Å². The molecule has 88 valence electrons. The Hall–Kier alpha value is -0.120. The molecule has 0 aromatic heterocycles. The van der Waals surface area contributed by atoms with E-state index in [-0.39, 0.29) is 0 Å². The van der Waals surface area contributed by atoms with Gasteiger partial charge in [-0.2, -0.15) is 0 Å². The third-order valence-electron chi connectivity index (χ3n) is 4.02. The van der Waals surface area contributed by atoms with Crippen LogP contribution in [0, 0.1) is 5.92 Å². The van der Waals surface area contributed by atoms with Gasteiger partial charge in [0.2, 0.25) is 0 Å². The van der Waals surface area contributed by atoms with Gasteiger partial charge in [-0.15, -0.1) is 0 Å². The van der Waals surface area contributed by atoms with Gasteiger partial charge in [0, 0.05) is 25.8 Å². The first kappa shape index (κ1) is 11.4. The van der Waals surface area contributed by atoms with E-state index in [1.165, 1.54) is 25.7 Å². The van der Waals surface area contributed by atoms with Crippen LogP contribution in [0.5, 0.6) is 0 Å². The standard InChI is InChI=1S/C12H23NO2/c1-15-11-6-10(7-11)13-12-5-3-2-4-9(12)8-14/h9-14H,2-8H2,1H3. The summed E-state index contributed by atoms with van der Waals surface area (Å²) in [4.78, 5) is 0. The molecule has 0 radical (unpaired) electrons. The van der Waals surface area contributed by atoms with E-state index in [0.29, 0.717) is 30.7 Å². The molecule has 2 saturated carbocycles. The molecule has 2 aliphatic rings. The highest BCUT2D eigenvalue weighted by Crippen LogP contribution is 2.28. The minimum atomic E-state index is 0.345. The van der Waals surface area contributed by atoms with E-state index in [0.717, 1.165) is 12.8 Å². The quantitative estimate of drug-likeness (QED) is 0.739. The summed E-state index contributed by atoms with van der Waals surface area (Å²) >= 11 is 0. The highest BCUT2D eigenvalue weighted by molar-refractivity contribution is 4.91. The second-order valence-corrected chi connectivity index (χ2v) is 5.03. The van der Waals surface area contributed by atoms with Crippen LogP contribution in [0.2, 0.25) is 0 Å². The molecule has 2 fully saturated rings. The van der Waals surface area contributed by atoms with E-state index in [2.05, 4.69) is 5.32 Å². The number of ether oxygens (including phenoxy) is 1. The van der Waals surface area contributed by atoms with Crippen molar-refractivity contribution in [2.24, 2.45) is 5.92 Å². The lowest BCUT2D eigenvalue weighted by Crippen LogP contribution is -2.52. The summed E-state index contributed by atoms with van der Waals surface area (Å²) < 4.78 is 5.27. The highest BCUT2D eigenvalue weighted by atomic mass is 16.5. The Kier molecular flexibility index (Phi) is 4.00. The van der Waals surface area contributed by atoms with Gasteiger partial charge in [0.1, 0.15) is 0 Å². The molecule has 2 rings (SSSR count). The van der Waals surface area contributed by atoms with Crippen LogP contribution in [0.4, 0.5) is 0 Å². The van der Waals surface area contributed by atoms with Gasteiger partial charge in [0.05, 0.1) is 6.10 Å². The van der Waals surface area contributed by atoms with Gasteiger partial charge in [-0.1, -0.05) is 12.8 Å². The minimum Gasteiger partial charge on any atom is -0.396 e. The van der Waals surface area contributed by atoms with Crippen molar-refractivity contribution in [3.63, 3.8) is 0 Å².